The summed E-state index contributed by atoms with van der Waals surface area (Å²) in [5, 5.41) is 4.05. The molecule has 4 nitrogen and oxygen atoms in total. The zero-order valence-electron chi connectivity index (χ0n) is 15.6. The molecule has 1 saturated heterocycles. The third-order valence-corrected chi connectivity index (χ3v) is 6.06. The summed E-state index contributed by atoms with van der Waals surface area (Å²) < 4.78 is 5.49. The van der Waals surface area contributed by atoms with Gasteiger partial charge in [0.05, 0.1) is 0 Å². The van der Waals surface area contributed by atoms with Crippen molar-refractivity contribution in [2.45, 2.75) is 70.3 Å². The lowest BCUT2D eigenvalue weighted by molar-refractivity contribution is 0.0625. The minimum Gasteiger partial charge on any atom is -0.355 e. The summed E-state index contributed by atoms with van der Waals surface area (Å²) in [6.45, 7) is 2.93. The molecule has 0 N–H and O–H groups in total. The van der Waals surface area contributed by atoms with Crippen LogP contribution in [0, 0.1) is 0 Å². The van der Waals surface area contributed by atoms with Gasteiger partial charge in [-0.15, -0.1) is 0 Å². The van der Waals surface area contributed by atoms with Crippen molar-refractivity contribution in [1.29, 1.82) is 0 Å². The highest BCUT2D eigenvalue weighted by molar-refractivity contribution is 5.93. The first-order valence-electron chi connectivity index (χ1n) is 10.1. The van der Waals surface area contributed by atoms with Gasteiger partial charge in [0.25, 0.3) is 5.91 Å². The third-order valence-electron chi connectivity index (χ3n) is 6.06. The minimum absolute atomic E-state index is 0.00831. The lowest BCUT2D eigenvalue weighted by Crippen LogP contribution is -2.42. The van der Waals surface area contributed by atoms with Crippen molar-refractivity contribution in [1.82, 2.24) is 10.1 Å². The Morgan fingerprint density at radius 3 is 2.50 bits per heavy atom. The molecule has 1 aromatic carbocycles. The minimum atomic E-state index is -0.00831. The van der Waals surface area contributed by atoms with Gasteiger partial charge in [-0.05, 0) is 50.5 Å². The van der Waals surface area contributed by atoms with Crippen molar-refractivity contribution >= 4 is 5.91 Å². The fraction of sp³-hybridized carbons (Fsp3) is 0.545. The summed E-state index contributed by atoms with van der Waals surface area (Å²) in [7, 11) is 0. The van der Waals surface area contributed by atoms with Crippen LogP contribution >= 0.6 is 0 Å². The largest absolute Gasteiger partial charge is 0.355 e. The van der Waals surface area contributed by atoms with Gasteiger partial charge in [0.1, 0.15) is 0 Å². The molecule has 2 aromatic rings. The fourth-order valence-electron chi connectivity index (χ4n) is 4.41. The number of piperidine rings is 1. The quantitative estimate of drug-likeness (QED) is 0.742. The van der Waals surface area contributed by atoms with Gasteiger partial charge in [-0.3, -0.25) is 4.79 Å². The second-order valence-electron chi connectivity index (χ2n) is 7.88. The van der Waals surface area contributed by atoms with Crippen LogP contribution in [0.4, 0.5) is 0 Å². The van der Waals surface area contributed by atoms with E-state index in [1.165, 1.54) is 44.1 Å². The lowest BCUT2D eigenvalue weighted by atomic mass is 9.84. The normalized spacial score (nSPS) is 21.7. The second-order valence-corrected chi connectivity index (χ2v) is 7.88. The maximum Gasteiger partial charge on any atom is 0.276 e. The summed E-state index contributed by atoms with van der Waals surface area (Å²) in [6.07, 6.45) is 10.00. The fourth-order valence-corrected chi connectivity index (χ4v) is 4.41. The highest BCUT2D eigenvalue weighted by Gasteiger charge is 2.26. The van der Waals surface area contributed by atoms with E-state index in [-0.39, 0.29) is 11.9 Å². The van der Waals surface area contributed by atoms with Crippen LogP contribution in [-0.2, 0) is 0 Å². The van der Waals surface area contributed by atoms with E-state index in [0.29, 0.717) is 17.4 Å². The molecular weight excluding hydrogens is 324 g/mol. The molecule has 1 aliphatic carbocycles. The average molecular weight is 352 g/mol. The van der Waals surface area contributed by atoms with E-state index in [2.05, 4.69) is 36.3 Å². The maximum absolute atomic E-state index is 12.7. The molecule has 0 unspecified atom stereocenters. The molecule has 1 saturated carbocycles. The van der Waals surface area contributed by atoms with Gasteiger partial charge in [0, 0.05) is 24.2 Å². The van der Waals surface area contributed by atoms with Crippen LogP contribution < -0.4 is 0 Å². The number of rotatable bonds is 3. The van der Waals surface area contributed by atoms with E-state index in [1.807, 2.05) is 4.90 Å². The predicted octanol–water partition coefficient (Wildman–Crippen LogP) is 5.40. The summed E-state index contributed by atoms with van der Waals surface area (Å²) in [5.41, 5.74) is 2.83. The van der Waals surface area contributed by atoms with E-state index in [1.54, 1.807) is 6.07 Å². The Hall–Kier alpha value is -2.10. The number of hydrogen-bond donors (Lipinski definition) is 0. The van der Waals surface area contributed by atoms with Crippen molar-refractivity contribution < 1.29 is 9.32 Å². The Morgan fingerprint density at radius 2 is 1.77 bits per heavy atom. The van der Waals surface area contributed by atoms with Crippen LogP contribution in [0.15, 0.2) is 34.9 Å². The highest BCUT2D eigenvalue weighted by atomic mass is 16.5. The molecule has 2 fully saturated rings. The van der Waals surface area contributed by atoms with Crippen LogP contribution in [-0.4, -0.2) is 28.6 Å². The van der Waals surface area contributed by atoms with Gasteiger partial charge in [-0.2, -0.15) is 0 Å². The zero-order chi connectivity index (χ0) is 17.9. The van der Waals surface area contributed by atoms with E-state index in [9.17, 15) is 4.79 Å². The van der Waals surface area contributed by atoms with Gasteiger partial charge in [0.15, 0.2) is 11.5 Å². The average Bonchev–Trinajstić information content (AvgIpc) is 3.19. The second kappa shape index (κ2) is 7.65. The van der Waals surface area contributed by atoms with Crippen molar-refractivity contribution in [2.24, 2.45) is 0 Å². The van der Waals surface area contributed by atoms with Crippen molar-refractivity contribution in [3.63, 3.8) is 0 Å². The van der Waals surface area contributed by atoms with E-state index < -0.39 is 0 Å². The maximum atomic E-state index is 12.7. The van der Waals surface area contributed by atoms with Gasteiger partial charge < -0.3 is 9.42 Å². The standard InChI is InChI=1S/C22H28N2O2/c1-16-7-5-6-14-24(16)22(25)20-15-21(26-23-20)19-12-10-18(11-13-19)17-8-3-2-4-9-17/h10-13,15-17H,2-9,14H2,1H3/t16-/m1/s1. The van der Waals surface area contributed by atoms with Gasteiger partial charge in [-0.25, -0.2) is 0 Å². The highest BCUT2D eigenvalue weighted by Crippen LogP contribution is 2.33. The summed E-state index contributed by atoms with van der Waals surface area (Å²) in [6, 6.07) is 10.7. The topological polar surface area (TPSA) is 46.3 Å². The van der Waals surface area contributed by atoms with Crippen molar-refractivity contribution in [2.75, 3.05) is 6.54 Å². The zero-order valence-corrected chi connectivity index (χ0v) is 15.6. The van der Waals surface area contributed by atoms with E-state index in [0.717, 1.165) is 24.9 Å². The molecule has 138 valence electrons. The molecule has 26 heavy (non-hydrogen) atoms. The predicted molar refractivity (Wildman–Crippen MR) is 102 cm³/mol. The SMILES string of the molecule is C[C@@H]1CCCCN1C(=O)c1cc(-c2ccc(C3CCCCC3)cc2)on1. The molecule has 1 amide bonds. The first-order chi connectivity index (χ1) is 12.7. The molecule has 4 rings (SSSR count). The van der Waals surface area contributed by atoms with Gasteiger partial charge >= 0.3 is 0 Å². The number of carbonyl (C=O) groups is 1. The van der Waals surface area contributed by atoms with Crippen molar-refractivity contribution in [3.8, 4) is 11.3 Å². The van der Waals surface area contributed by atoms with Crippen LogP contribution in [0.3, 0.4) is 0 Å². The third kappa shape index (κ3) is 3.55. The molecular formula is C22H28N2O2. The van der Waals surface area contributed by atoms with Gasteiger partial charge in [-0.1, -0.05) is 48.7 Å². The van der Waals surface area contributed by atoms with E-state index >= 15 is 0 Å². The molecule has 1 aromatic heterocycles. The van der Waals surface area contributed by atoms with E-state index in [4.69, 9.17) is 4.52 Å². The molecule has 1 atom stereocenters. The Labute approximate surface area is 155 Å². The Kier molecular flexibility index (Phi) is 5.09. The number of hydrogen-bond acceptors (Lipinski definition) is 3. The first-order valence-corrected chi connectivity index (χ1v) is 10.1. The number of nitrogens with zero attached hydrogens (tertiary/aromatic N) is 2. The Morgan fingerprint density at radius 1 is 1.04 bits per heavy atom. The molecule has 0 radical (unpaired) electrons. The van der Waals surface area contributed by atoms with Crippen LogP contribution in [0.5, 0.6) is 0 Å². The van der Waals surface area contributed by atoms with Crippen molar-refractivity contribution in [3.05, 3.63) is 41.6 Å². The summed E-state index contributed by atoms with van der Waals surface area (Å²) >= 11 is 0. The Bertz CT molecular complexity index is 744. The van der Waals surface area contributed by atoms with Crippen LogP contribution in [0.1, 0.15) is 80.3 Å². The number of aromatic nitrogens is 1. The molecule has 2 aliphatic rings. The van der Waals surface area contributed by atoms with Gasteiger partial charge in [0.2, 0.25) is 0 Å². The lowest BCUT2D eigenvalue weighted by Gasteiger charge is -2.32. The molecule has 0 bridgehead atoms. The first kappa shape index (κ1) is 17.3. The number of amides is 1. The Balaban J connectivity index is 1.48. The number of carbonyl (C=O) groups excluding carboxylic acids is 1. The molecule has 1 aliphatic heterocycles. The smallest absolute Gasteiger partial charge is 0.276 e. The number of benzene rings is 1. The number of likely N-dealkylation sites (tertiary alicyclic amines) is 1. The van der Waals surface area contributed by atoms with Crippen LogP contribution in [0.2, 0.25) is 0 Å². The molecule has 0 spiro atoms. The molecule has 4 heteroatoms. The monoisotopic (exact) mass is 352 g/mol. The molecule has 2 heterocycles. The summed E-state index contributed by atoms with van der Waals surface area (Å²) in [4.78, 5) is 14.6. The summed E-state index contributed by atoms with van der Waals surface area (Å²) in [5.74, 6) is 1.37. The van der Waals surface area contributed by atoms with Crippen LogP contribution in [0.25, 0.3) is 11.3 Å².